The maximum atomic E-state index is 13.8. The fourth-order valence-corrected chi connectivity index (χ4v) is 5.35. The molecule has 1 unspecified atom stereocenters. The van der Waals surface area contributed by atoms with Crippen LogP contribution in [0.2, 0.25) is 0 Å². The van der Waals surface area contributed by atoms with Crippen molar-refractivity contribution < 1.29 is 9.32 Å². The number of likely N-dealkylation sites (tertiary alicyclic amines) is 1. The van der Waals surface area contributed by atoms with Crippen molar-refractivity contribution in [3.63, 3.8) is 0 Å². The minimum atomic E-state index is -0.924. The first kappa shape index (κ1) is 20.0. The molecule has 0 spiro atoms. The van der Waals surface area contributed by atoms with Gasteiger partial charge in [-0.1, -0.05) is 41.6 Å². The summed E-state index contributed by atoms with van der Waals surface area (Å²) in [7, 11) is 0. The molecular weight excluding hydrogens is 388 g/mol. The van der Waals surface area contributed by atoms with Crippen molar-refractivity contribution >= 4 is 11.6 Å². The predicted molar refractivity (Wildman–Crippen MR) is 121 cm³/mol. The lowest BCUT2D eigenvalue weighted by Crippen LogP contribution is -2.61. The van der Waals surface area contributed by atoms with Crippen molar-refractivity contribution in [2.24, 2.45) is 5.73 Å². The third kappa shape index (κ3) is 3.01. The van der Waals surface area contributed by atoms with Gasteiger partial charge >= 0.3 is 0 Å². The highest BCUT2D eigenvalue weighted by Gasteiger charge is 2.54. The highest BCUT2D eigenvalue weighted by molar-refractivity contribution is 6.09. The van der Waals surface area contributed by atoms with E-state index in [0.717, 1.165) is 58.8 Å². The molecule has 0 bridgehead atoms. The van der Waals surface area contributed by atoms with Crippen LogP contribution in [0, 0.1) is 13.8 Å². The van der Waals surface area contributed by atoms with Gasteiger partial charge in [0, 0.05) is 28.9 Å². The molecule has 2 atom stereocenters. The number of carbonyl (C=O) groups excluding carboxylic acids is 1. The summed E-state index contributed by atoms with van der Waals surface area (Å²) in [6.45, 7) is 7.39. The second kappa shape index (κ2) is 7.04. The van der Waals surface area contributed by atoms with Gasteiger partial charge in [0.05, 0.1) is 5.69 Å². The number of aryl methyl sites for hydroxylation is 2. The second-order valence-corrected chi connectivity index (χ2v) is 9.17. The standard InChI is InChI=1S/C25H28N4O2/c1-16-22(17(2)31-28-16)18-10-11-21-20(14-18)25(23(30)27-21,19-8-5-4-6-9-19)29-13-7-12-24(3,26)15-29/h4-6,8-11,14H,7,12-13,15,26H2,1-3H3,(H,27,30)/t24-,25?/m1/s1. The predicted octanol–water partition coefficient (Wildman–Crippen LogP) is 3.97. The third-order valence-corrected chi connectivity index (χ3v) is 6.70. The number of piperidine rings is 1. The van der Waals surface area contributed by atoms with Gasteiger partial charge in [0.1, 0.15) is 5.76 Å². The molecule has 6 heteroatoms. The van der Waals surface area contributed by atoms with Crippen LogP contribution in [0.25, 0.3) is 11.1 Å². The molecule has 2 aromatic carbocycles. The molecule has 5 rings (SSSR count). The summed E-state index contributed by atoms with van der Waals surface area (Å²) in [5, 5.41) is 7.27. The topological polar surface area (TPSA) is 84.4 Å². The lowest BCUT2D eigenvalue weighted by atomic mass is 9.78. The van der Waals surface area contributed by atoms with Crippen LogP contribution < -0.4 is 11.1 Å². The molecule has 3 heterocycles. The Morgan fingerprint density at radius 2 is 1.94 bits per heavy atom. The Balaban J connectivity index is 1.75. The lowest BCUT2D eigenvalue weighted by Gasteiger charge is -2.47. The van der Waals surface area contributed by atoms with Gasteiger partial charge in [0.2, 0.25) is 0 Å². The van der Waals surface area contributed by atoms with Crippen molar-refractivity contribution in [1.82, 2.24) is 10.1 Å². The molecule has 160 valence electrons. The zero-order valence-corrected chi connectivity index (χ0v) is 18.2. The highest BCUT2D eigenvalue weighted by Crippen LogP contribution is 2.48. The molecule has 2 aliphatic rings. The van der Waals surface area contributed by atoms with E-state index < -0.39 is 5.54 Å². The van der Waals surface area contributed by atoms with E-state index in [1.807, 2.05) is 56.3 Å². The van der Waals surface area contributed by atoms with Crippen molar-refractivity contribution in [1.29, 1.82) is 0 Å². The quantitative estimate of drug-likeness (QED) is 0.675. The molecular formula is C25H28N4O2. The van der Waals surface area contributed by atoms with Crippen molar-refractivity contribution in [3.05, 3.63) is 71.1 Å². The van der Waals surface area contributed by atoms with E-state index in [1.54, 1.807) is 0 Å². The van der Waals surface area contributed by atoms with E-state index in [9.17, 15) is 4.79 Å². The Bertz CT molecular complexity index is 1130. The van der Waals surface area contributed by atoms with E-state index in [-0.39, 0.29) is 11.4 Å². The summed E-state index contributed by atoms with van der Waals surface area (Å²) < 4.78 is 5.41. The molecule has 0 radical (unpaired) electrons. The van der Waals surface area contributed by atoms with E-state index in [4.69, 9.17) is 10.3 Å². The Hall–Kier alpha value is -2.96. The first-order valence-corrected chi connectivity index (χ1v) is 10.8. The smallest absolute Gasteiger partial charge is 0.254 e. The first-order valence-electron chi connectivity index (χ1n) is 10.8. The van der Waals surface area contributed by atoms with E-state index in [2.05, 4.69) is 28.4 Å². The Kier molecular flexibility index (Phi) is 4.53. The van der Waals surface area contributed by atoms with Gasteiger partial charge in [-0.25, -0.2) is 0 Å². The monoisotopic (exact) mass is 416 g/mol. The van der Waals surface area contributed by atoms with Crippen LogP contribution >= 0.6 is 0 Å². The number of nitrogens with two attached hydrogens (primary N) is 1. The van der Waals surface area contributed by atoms with E-state index >= 15 is 0 Å². The molecule has 1 amide bonds. The molecule has 0 saturated carbocycles. The minimum absolute atomic E-state index is 0.0256. The van der Waals surface area contributed by atoms with Gasteiger partial charge in [-0.3, -0.25) is 9.69 Å². The van der Waals surface area contributed by atoms with Crippen LogP contribution in [-0.2, 0) is 10.3 Å². The van der Waals surface area contributed by atoms with Crippen LogP contribution in [0.5, 0.6) is 0 Å². The van der Waals surface area contributed by atoms with Crippen molar-refractivity contribution in [3.8, 4) is 11.1 Å². The molecule has 1 aromatic heterocycles. The summed E-state index contributed by atoms with van der Waals surface area (Å²) in [6, 6.07) is 16.2. The molecule has 2 aliphatic heterocycles. The van der Waals surface area contributed by atoms with Gasteiger partial charge in [0.15, 0.2) is 5.54 Å². The minimum Gasteiger partial charge on any atom is -0.361 e. The molecule has 31 heavy (non-hydrogen) atoms. The van der Waals surface area contributed by atoms with Gasteiger partial charge in [-0.15, -0.1) is 0 Å². The number of benzene rings is 2. The first-order chi connectivity index (χ1) is 14.8. The van der Waals surface area contributed by atoms with Gasteiger partial charge in [0.25, 0.3) is 5.91 Å². The van der Waals surface area contributed by atoms with Crippen molar-refractivity contribution in [2.45, 2.75) is 44.7 Å². The average Bonchev–Trinajstić information content (AvgIpc) is 3.23. The van der Waals surface area contributed by atoms with Crippen LogP contribution in [-0.4, -0.2) is 34.6 Å². The Morgan fingerprint density at radius 1 is 1.16 bits per heavy atom. The molecule has 0 aliphatic carbocycles. The second-order valence-electron chi connectivity index (χ2n) is 9.17. The molecule has 1 saturated heterocycles. The summed E-state index contributed by atoms with van der Waals surface area (Å²) >= 11 is 0. The fourth-order valence-electron chi connectivity index (χ4n) is 5.35. The number of carbonyl (C=O) groups is 1. The van der Waals surface area contributed by atoms with Crippen LogP contribution in [0.15, 0.2) is 53.1 Å². The Morgan fingerprint density at radius 3 is 2.61 bits per heavy atom. The summed E-state index contributed by atoms with van der Waals surface area (Å²) in [5.74, 6) is 0.745. The van der Waals surface area contributed by atoms with E-state index in [1.165, 1.54) is 0 Å². The van der Waals surface area contributed by atoms with Crippen LogP contribution in [0.1, 0.15) is 42.3 Å². The highest BCUT2D eigenvalue weighted by atomic mass is 16.5. The zero-order valence-electron chi connectivity index (χ0n) is 18.2. The number of hydrogen-bond donors (Lipinski definition) is 2. The number of fused-ring (bicyclic) bond motifs is 1. The number of anilines is 1. The largest absolute Gasteiger partial charge is 0.361 e. The number of aromatic nitrogens is 1. The number of rotatable bonds is 3. The normalized spacial score (nSPS) is 26.0. The SMILES string of the molecule is Cc1noc(C)c1-c1ccc2c(c1)C(c1ccccc1)(N1CCC[C@@](C)(N)C1)C(=O)N2. The lowest BCUT2D eigenvalue weighted by molar-refractivity contribution is -0.126. The average molecular weight is 417 g/mol. The van der Waals surface area contributed by atoms with Crippen LogP contribution in [0.3, 0.4) is 0 Å². The number of amides is 1. The number of nitrogens with one attached hydrogen (secondary N) is 1. The van der Waals surface area contributed by atoms with Gasteiger partial charge in [-0.05, 0) is 63.4 Å². The van der Waals surface area contributed by atoms with Crippen LogP contribution in [0.4, 0.5) is 5.69 Å². The molecule has 3 aromatic rings. The van der Waals surface area contributed by atoms with Crippen molar-refractivity contribution in [2.75, 3.05) is 18.4 Å². The Labute approximate surface area is 182 Å². The summed E-state index contributed by atoms with van der Waals surface area (Å²) in [5.41, 5.74) is 10.9. The number of nitrogens with zero attached hydrogens (tertiary/aromatic N) is 2. The number of hydrogen-bond acceptors (Lipinski definition) is 5. The zero-order chi connectivity index (χ0) is 21.8. The van der Waals surface area contributed by atoms with Gasteiger partial charge < -0.3 is 15.6 Å². The molecule has 6 nitrogen and oxygen atoms in total. The van der Waals surface area contributed by atoms with E-state index in [0.29, 0.717) is 6.54 Å². The maximum Gasteiger partial charge on any atom is 0.254 e. The summed E-state index contributed by atoms with van der Waals surface area (Å²) in [6.07, 6.45) is 1.90. The summed E-state index contributed by atoms with van der Waals surface area (Å²) in [4.78, 5) is 16.0. The molecule has 3 N–H and O–H groups in total. The maximum absolute atomic E-state index is 13.8. The van der Waals surface area contributed by atoms with Gasteiger partial charge in [-0.2, -0.15) is 0 Å². The fraction of sp³-hybridized carbons (Fsp3) is 0.360. The molecule has 1 fully saturated rings. The third-order valence-electron chi connectivity index (χ3n) is 6.70.